The minimum absolute atomic E-state index is 0.0545. The monoisotopic (exact) mass is 383 g/mol. The molecule has 2 aromatic rings. The molecular formula is C24H33NO3. The number of hydrogen-bond donors (Lipinski definition) is 1. The van der Waals surface area contributed by atoms with E-state index in [9.17, 15) is 4.79 Å². The van der Waals surface area contributed by atoms with Gasteiger partial charge in [-0.3, -0.25) is 4.79 Å². The summed E-state index contributed by atoms with van der Waals surface area (Å²) in [7, 11) is 0. The molecule has 4 nitrogen and oxygen atoms in total. The first-order valence-corrected chi connectivity index (χ1v) is 9.82. The number of carbonyl (C=O) groups is 1. The van der Waals surface area contributed by atoms with Crippen molar-refractivity contribution in [2.75, 3.05) is 18.5 Å². The SMILES string of the molecule is CCOc1ccccc1NC(=O)COc1ccc(C(C)(C)C)cc1C(C)(C)C. The van der Waals surface area contributed by atoms with Crippen LogP contribution in [0.5, 0.6) is 11.5 Å². The van der Waals surface area contributed by atoms with Gasteiger partial charge in [-0.05, 0) is 47.1 Å². The molecule has 1 N–H and O–H groups in total. The highest BCUT2D eigenvalue weighted by Gasteiger charge is 2.23. The van der Waals surface area contributed by atoms with Gasteiger partial charge in [0.2, 0.25) is 0 Å². The van der Waals surface area contributed by atoms with Crippen LogP contribution in [0.4, 0.5) is 5.69 Å². The van der Waals surface area contributed by atoms with E-state index < -0.39 is 0 Å². The van der Waals surface area contributed by atoms with Gasteiger partial charge in [-0.2, -0.15) is 0 Å². The van der Waals surface area contributed by atoms with E-state index in [1.807, 2.05) is 37.3 Å². The van der Waals surface area contributed by atoms with Crippen LogP contribution in [-0.4, -0.2) is 19.1 Å². The Balaban J connectivity index is 2.15. The van der Waals surface area contributed by atoms with E-state index in [0.717, 1.165) is 11.3 Å². The largest absolute Gasteiger partial charge is 0.492 e. The van der Waals surface area contributed by atoms with E-state index in [0.29, 0.717) is 18.0 Å². The number of rotatable bonds is 6. The highest BCUT2D eigenvalue weighted by atomic mass is 16.5. The third-order valence-corrected chi connectivity index (χ3v) is 4.47. The summed E-state index contributed by atoms with van der Waals surface area (Å²) >= 11 is 0. The molecule has 0 atom stereocenters. The second-order valence-electron chi connectivity index (χ2n) is 8.98. The van der Waals surface area contributed by atoms with E-state index >= 15 is 0 Å². The molecule has 152 valence electrons. The Labute approximate surface area is 169 Å². The summed E-state index contributed by atoms with van der Waals surface area (Å²) in [6.45, 7) is 15.4. The number of hydrogen-bond acceptors (Lipinski definition) is 3. The van der Waals surface area contributed by atoms with Gasteiger partial charge in [-0.15, -0.1) is 0 Å². The van der Waals surface area contributed by atoms with E-state index in [1.165, 1.54) is 5.56 Å². The first kappa shape index (κ1) is 21.8. The average molecular weight is 384 g/mol. The van der Waals surface area contributed by atoms with Crippen molar-refractivity contribution in [2.45, 2.75) is 59.3 Å². The van der Waals surface area contributed by atoms with Crippen LogP contribution in [0.15, 0.2) is 42.5 Å². The van der Waals surface area contributed by atoms with Gasteiger partial charge in [-0.25, -0.2) is 0 Å². The number of benzene rings is 2. The summed E-state index contributed by atoms with van der Waals surface area (Å²) in [6, 6.07) is 13.6. The lowest BCUT2D eigenvalue weighted by Crippen LogP contribution is -2.23. The van der Waals surface area contributed by atoms with Crippen molar-refractivity contribution in [1.29, 1.82) is 0 Å². The Bertz CT molecular complexity index is 813. The number of amides is 1. The maximum atomic E-state index is 12.4. The van der Waals surface area contributed by atoms with E-state index in [2.05, 4.69) is 59.0 Å². The molecule has 0 radical (unpaired) electrons. The first-order chi connectivity index (χ1) is 13.0. The van der Waals surface area contributed by atoms with Gasteiger partial charge < -0.3 is 14.8 Å². The van der Waals surface area contributed by atoms with E-state index in [-0.39, 0.29) is 23.3 Å². The van der Waals surface area contributed by atoms with Crippen molar-refractivity contribution in [2.24, 2.45) is 0 Å². The second kappa shape index (κ2) is 8.68. The fourth-order valence-electron chi connectivity index (χ4n) is 2.89. The lowest BCUT2D eigenvalue weighted by atomic mass is 9.80. The third-order valence-electron chi connectivity index (χ3n) is 4.47. The molecule has 0 aliphatic carbocycles. The van der Waals surface area contributed by atoms with Gasteiger partial charge >= 0.3 is 0 Å². The lowest BCUT2D eigenvalue weighted by molar-refractivity contribution is -0.118. The minimum Gasteiger partial charge on any atom is -0.492 e. The summed E-state index contributed by atoms with van der Waals surface area (Å²) in [4.78, 5) is 12.4. The highest BCUT2D eigenvalue weighted by Crippen LogP contribution is 2.35. The number of anilines is 1. The number of ether oxygens (including phenoxy) is 2. The molecule has 0 saturated carbocycles. The van der Waals surface area contributed by atoms with Crippen LogP contribution < -0.4 is 14.8 Å². The smallest absolute Gasteiger partial charge is 0.262 e. The zero-order valence-corrected chi connectivity index (χ0v) is 18.2. The van der Waals surface area contributed by atoms with Crippen LogP contribution in [0.2, 0.25) is 0 Å². The maximum Gasteiger partial charge on any atom is 0.262 e. The maximum absolute atomic E-state index is 12.4. The number of carbonyl (C=O) groups excluding carboxylic acids is 1. The van der Waals surface area contributed by atoms with Crippen molar-refractivity contribution in [3.8, 4) is 11.5 Å². The molecule has 0 spiro atoms. The molecule has 0 aliphatic heterocycles. The molecule has 0 saturated heterocycles. The van der Waals surface area contributed by atoms with Gasteiger partial charge in [0.05, 0.1) is 12.3 Å². The normalized spacial score (nSPS) is 11.8. The molecule has 4 heteroatoms. The predicted molar refractivity (Wildman–Crippen MR) is 116 cm³/mol. The lowest BCUT2D eigenvalue weighted by Gasteiger charge is -2.27. The summed E-state index contributed by atoms with van der Waals surface area (Å²) in [5.41, 5.74) is 2.97. The summed E-state index contributed by atoms with van der Waals surface area (Å²) in [5.74, 6) is 1.18. The molecule has 2 aromatic carbocycles. The Morgan fingerprint density at radius 2 is 1.57 bits per heavy atom. The predicted octanol–water partition coefficient (Wildman–Crippen LogP) is 5.70. The third kappa shape index (κ3) is 5.75. The van der Waals surface area contributed by atoms with Crippen LogP contribution in [0.25, 0.3) is 0 Å². The van der Waals surface area contributed by atoms with Gasteiger partial charge in [0.15, 0.2) is 6.61 Å². The summed E-state index contributed by atoms with van der Waals surface area (Å²) in [5, 5.41) is 2.87. The fourth-order valence-corrected chi connectivity index (χ4v) is 2.89. The van der Waals surface area contributed by atoms with Crippen molar-refractivity contribution in [1.82, 2.24) is 0 Å². The Kier molecular flexibility index (Phi) is 6.76. The molecule has 0 fully saturated rings. The minimum atomic E-state index is -0.216. The first-order valence-electron chi connectivity index (χ1n) is 9.82. The van der Waals surface area contributed by atoms with Gasteiger partial charge in [-0.1, -0.05) is 65.8 Å². The molecule has 0 aliphatic rings. The van der Waals surface area contributed by atoms with Crippen LogP contribution >= 0.6 is 0 Å². The highest BCUT2D eigenvalue weighted by molar-refractivity contribution is 5.93. The van der Waals surface area contributed by atoms with Crippen molar-refractivity contribution >= 4 is 11.6 Å². The Morgan fingerprint density at radius 3 is 2.18 bits per heavy atom. The quantitative estimate of drug-likeness (QED) is 0.696. The van der Waals surface area contributed by atoms with Crippen molar-refractivity contribution in [3.63, 3.8) is 0 Å². The summed E-state index contributed by atoms with van der Waals surface area (Å²) < 4.78 is 11.5. The van der Waals surface area contributed by atoms with Gasteiger partial charge in [0, 0.05) is 0 Å². The van der Waals surface area contributed by atoms with Crippen LogP contribution in [0.1, 0.15) is 59.6 Å². The molecule has 1 amide bonds. The molecular weight excluding hydrogens is 350 g/mol. The number of nitrogens with one attached hydrogen (secondary N) is 1. The molecule has 0 bridgehead atoms. The summed E-state index contributed by atoms with van der Waals surface area (Å²) in [6.07, 6.45) is 0. The zero-order chi connectivity index (χ0) is 20.9. The van der Waals surface area contributed by atoms with E-state index in [4.69, 9.17) is 9.47 Å². The van der Waals surface area contributed by atoms with Gasteiger partial charge in [0.25, 0.3) is 5.91 Å². The van der Waals surface area contributed by atoms with Gasteiger partial charge in [0.1, 0.15) is 11.5 Å². The zero-order valence-electron chi connectivity index (χ0n) is 18.2. The molecule has 0 unspecified atom stereocenters. The Hall–Kier alpha value is -2.49. The standard InChI is InChI=1S/C24H33NO3/c1-8-27-21-12-10-9-11-19(21)25-22(26)16-28-20-14-13-17(23(2,3)4)15-18(20)24(5,6)7/h9-15H,8,16H2,1-7H3,(H,25,26). The van der Waals surface area contributed by atoms with E-state index in [1.54, 1.807) is 0 Å². The van der Waals surface area contributed by atoms with Crippen LogP contribution in [0, 0.1) is 0 Å². The number of para-hydroxylation sites is 2. The average Bonchev–Trinajstić information content (AvgIpc) is 2.60. The van der Waals surface area contributed by atoms with Crippen LogP contribution in [-0.2, 0) is 15.6 Å². The topological polar surface area (TPSA) is 47.6 Å². The molecule has 0 aromatic heterocycles. The van der Waals surface area contributed by atoms with Crippen molar-refractivity contribution < 1.29 is 14.3 Å². The second-order valence-corrected chi connectivity index (χ2v) is 8.98. The fraction of sp³-hybridized carbons (Fsp3) is 0.458. The Morgan fingerprint density at radius 1 is 0.893 bits per heavy atom. The molecule has 2 rings (SSSR count). The van der Waals surface area contributed by atoms with Crippen LogP contribution in [0.3, 0.4) is 0 Å². The molecule has 28 heavy (non-hydrogen) atoms. The van der Waals surface area contributed by atoms with Crippen molar-refractivity contribution in [3.05, 3.63) is 53.6 Å². The molecule has 0 heterocycles.